The van der Waals surface area contributed by atoms with Crippen LogP contribution in [0.25, 0.3) is 0 Å². The van der Waals surface area contributed by atoms with Gasteiger partial charge in [-0.05, 0) is 53.9 Å². The molecule has 0 fully saturated rings. The van der Waals surface area contributed by atoms with Gasteiger partial charge >= 0.3 is 0 Å². The first-order valence-corrected chi connectivity index (χ1v) is 6.33. The number of rotatable bonds is 3. The average molecular weight is 234 g/mol. The smallest absolute Gasteiger partial charge is 0.119 e. The van der Waals surface area contributed by atoms with Crippen LogP contribution in [-0.4, -0.2) is 18.8 Å². The largest absolute Gasteiger partial charge is 0.497 e. The maximum atomic E-state index is 9.47. The molecule has 1 aliphatic rings. The van der Waals surface area contributed by atoms with Crippen molar-refractivity contribution in [1.29, 1.82) is 0 Å². The molecule has 1 atom stereocenters. The summed E-state index contributed by atoms with van der Waals surface area (Å²) in [6.45, 7) is 4.57. The molecule has 2 heteroatoms. The van der Waals surface area contributed by atoms with Crippen LogP contribution < -0.4 is 4.74 Å². The molecule has 1 aromatic carbocycles. The Morgan fingerprint density at radius 1 is 1.35 bits per heavy atom. The van der Waals surface area contributed by atoms with Crippen molar-refractivity contribution in [1.82, 2.24) is 0 Å². The Hall–Kier alpha value is -1.02. The van der Waals surface area contributed by atoms with Crippen LogP contribution in [0.5, 0.6) is 5.75 Å². The molecule has 0 heterocycles. The fraction of sp³-hybridized carbons (Fsp3) is 0.600. The van der Waals surface area contributed by atoms with Crippen LogP contribution in [0.3, 0.4) is 0 Å². The molecule has 17 heavy (non-hydrogen) atoms. The second kappa shape index (κ2) is 4.69. The van der Waals surface area contributed by atoms with E-state index in [0.717, 1.165) is 18.6 Å². The maximum absolute atomic E-state index is 9.47. The quantitative estimate of drug-likeness (QED) is 0.871. The third kappa shape index (κ3) is 2.47. The van der Waals surface area contributed by atoms with E-state index in [9.17, 15) is 5.11 Å². The highest BCUT2D eigenvalue weighted by atomic mass is 16.5. The van der Waals surface area contributed by atoms with Gasteiger partial charge in [0.05, 0.1) is 7.11 Å². The summed E-state index contributed by atoms with van der Waals surface area (Å²) >= 11 is 0. The number of hydrogen-bond donors (Lipinski definition) is 1. The molecule has 1 aromatic rings. The highest BCUT2D eigenvalue weighted by Gasteiger charge is 2.31. The van der Waals surface area contributed by atoms with Gasteiger partial charge in [-0.3, -0.25) is 0 Å². The molecule has 0 aliphatic heterocycles. The maximum Gasteiger partial charge on any atom is 0.119 e. The van der Waals surface area contributed by atoms with Crippen molar-refractivity contribution in [3.63, 3.8) is 0 Å². The van der Waals surface area contributed by atoms with Gasteiger partial charge in [-0.25, -0.2) is 0 Å². The SMILES string of the molecule is COc1ccc2c(c1)CC(C(C)(C)CO)CC2. The fourth-order valence-electron chi connectivity index (χ4n) is 2.66. The van der Waals surface area contributed by atoms with Crippen LogP contribution in [0.15, 0.2) is 18.2 Å². The van der Waals surface area contributed by atoms with E-state index in [4.69, 9.17) is 4.74 Å². The molecular formula is C15H22O2. The lowest BCUT2D eigenvalue weighted by Gasteiger charge is -2.36. The minimum atomic E-state index is 0.0146. The van der Waals surface area contributed by atoms with E-state index in [1.165, 1.54) is 17.5 Å². The zero-order valence-electron chi connectivity index (χ0n) is 11.0. The Labute approximate surface area is 104 Å². The summed E-state index contributed by atoms with van der Waals surface area (Å²) in [5.41, 5.74) is 2.85. The summed E-state index contributed by atoms with van der Waals surface area (Å²) < 4.78 is 5.28. The predicted molar refractivity (Wildman–Crippen MR) is 69.4 cm³/mol. The summed E-state index contributed by atoms with van der Waals surface area (Å²) in [7, 11) is 1.71. The van der Waals surface area contributed by atoms with Crippen LogP contribution in [0, 0.1) is 11.3 Å². The standard InChI is InChI=1S/C15H22O2/c1-15(2,10-16)13-6-4-11-5-7-14(17-3)9-12(11)8-13/h5,7,9,13,16H,4,6,8,10H2,1-3H3. The number of aliphatic hydroxyl groups is 1. The van der Waals surface area contributed by atoms with Crippen molar-refractivity contribution in [2.75, 3.05) is 13.7 Å². The van der Waals surface area contributed by atoms with Gasteiger partial charge < -0.3 is 9.84 Å². The molecule has 0 saturated carbocycles. The molecule has 2 rings (SSSR count). The minimum absolute atomic E-state index is 0.0146. The van der Waals surface area contributed by atoms with Crippen molar-refractivity contribution >= 4 is 0 Å². The van der Waals surface area contributed by atoms with Gasteiger partial charge in [0, 0.05) is 6.61 Å². The molecule has 0 bridgehead atoms. The van der Waals surface area contributed by atoms with Crippen LogP contribution >= 0.6 is 0 Å². The zero-order chi connectivity index (χ0) is 12.5. The van der Waals surface area contributed by atoms with E-state index < -0.39 is 0 Å². The number of aryl methyl sites for hydroxylation is 1. The first-order valence-electron chi connectivity index (χ1n) is 6.33. The summed E-state index contributed by atoms with van der Waals surface area (Å²) in [4.78, 5) is 0. The van der Waals surface area contributed by atoms with Gasteiger partial charge in [-0.2, -0.15) is 0 Å². The monoisotopic (exact) mass is 234 g/mol. The summed E-state index contributed by atoms with van der Waals surface area (Å²) in [5.74, 6) is 1.50. The van der Waals surface area contributed by atoms with Crippen LogP contribution in [0.2, 0.25) is 0 Å². The first kappa shape index (κ1) is 12.4. The van der Waals surface area contributed by atoms with Crippen molar-refractivity contribution < 1.29 is 9.84 Å². The highest BCUT2D eigenvalue weighted by Crippen LogP contribution is 2.38. The van der Waals surface area contributed by atoms with Crippen molar-refractivity contribution in [3.8, 4) is 5.75 Å². The Bertz CT molecular complexity index is 396. The van der Waals surface area contributed by atoms with E-state index in [2.05, 4.69) is 26.0 Å². The van der Waals surface area contributed by atoms with Gasteiger partial charge in [0.15, 0.2) is 0 Å². The molecular weight excluding hydrogens is 212 g/mol. The highest BCUT2D eigenvalue weighted by molar-refractivity contribution is 5.37. The topological polar surface area (TPSA) is 29.5 Å². The zero-order valence-corrected chi connectivity index (χ0v) is 11.0. The van der Waals surface area contributed by atoms with E-state index in [1.54, 1.807) is 7.11 Å². The number of hydrogen-bond acceptors (Lipinski definition) is 2. The Kier molecular flexibility index (Phi) is 3.43. The molecule has 1 unspecified atom stereocenters. The van der Waals surface area contributed by atoms with Gasteiger partial charge in [0.2, 0.25) is 0 Å². The lowest BCUT2D eigenvalue weighted by Crippen LogP contribution is -2.32. The third-order valence-corrected chi connectivity index (χ3v) is 4.15. The Morgan fingerprint density at radius 2 is 2.12 bits per heavy atom. The molecule has 0 radical (unpaired) electrons. The first-order chi connectivity index (χ1) is 8.06. The Morgan fingerprint density at radius 3 is 2.76 bits per heavy atom. The predicted octanol–water partition coefficient (Wildman–Crippen LogP) is 2.82. The molecule has 1 N–H and O–H groups in total. The van der Waals surface area contributed by atoms with Gasteiger partial charge in [-0.15, -0.1) is 0 Å². The van der Waals surface area contributed by atoms with E-state index in [0.29, 0.717) is 5.92 Å². The molecule has 0 aromatic heterocycles. The number of fused-ring (bicyclic) bond motifs is 1. The normalized spacial score (nSPS) is 19.9. The third-order valence-electron chi connectivity index (χ3n) is 4.15. The molecule has 94 valence electrons. The van der Waals surface area contributed by atoms with Gasteiger partial charge in [-0.1, -0.05) is 19.9 Å². The van der Waals surface area contributed by atoms with Crippen LogP contribution in [-0.2, 0) is 12.8 Å². The molecule has 1 aliphatic carbocycles. The lowest BCUT2D eigenvalue weighted by molar-refractivity contribution is 0.0874. The summed E-state index contributed by atoms with van der Waals surface area (Å²) in [6, 6.07) is 6.36. The summed E-state index contributed by atoms with van der Waals surface area (Å²) in [5, 5.41) is 9.47. The molecule has 0 spiro atoms. The van der Waals surface area contributed by atoms with Gasteiger partial charge in [0.1, 0.15) is 5.75 Å². The number of methoxy groups -OCH3 is 1. The van der Waals surface area contributed by atoms with E-state index in [-0.39, 0.29) is 12.0 Å². The fourth-order valence-corrected chi connectivity index (χ4v) is 2.66. The van der Waals surface area contributed by atoms with Crippen molar-refractivity contribution in [2.45, 2.75) is 33.1 Å². The molecule has 2 nitrogen and oxygen atoms in total. The minimum Gasteiger partial charge on any atom is -0.497 e. The van der Waals surface area contributed by atoms with Crippen LogP contribution in [0.4, 0.5) is 0 Å². The molecule has 0 saturated heterocycles. The average Bonchev–Trinajstić information content (AvgIpc) is 2.37. The number of benzene rings is 1. The van der Waals surface area contributed by atoms with Gasteiger partial charge in [0.25, 0.3) is 0 Å². The molecule has 0 amide bonds. The summed E-state index contributed by atoms with van der Waals surface area (Å²) in [6.07, 6.45) is 3.35. The van der Waals surface area contributed by atoms with Crippen molar-refractivity contribution in [3.05, 3.63) is 29.3 Å². The number of ether oxygens (including phenoxy) is 1. The van der Waals surface area contributed by atoms with E-state index in [1.807, 2.05) is 6.07 Å². The second-order valence-electron chi connectivity index (χ2n) is 5.72. The lowest BCUT2D eigenvalue weighted by atomic mass is 9.70. The number of aliphatic hydroxyl groups excluding tert-OH is 1. The van der Waals surface area contributed by atoms with Crippen molar-refractivity contribution in [2.24, 2.45) is 11.3 Å². The van der Waals surface area contributed by atoms with Crippen LogP contribution in [0.1, 0.15) is 31.4 Å². The Balaban J connectivity index is 2.22. The van der Waals surface area contributed by atoms with E-state index >= 15 is 0 Å². The second-order valence-corrected chi connectivity index (χ2v) is 5.72.